The smallest absolute Gasteiger partial charge is 0.326 e. The third-order valence-corrected chi connectivity index (χ3v) is 5.44. The average molecular weight is 574 g/mol. The maximum atomic E-state index is 12.9. The number of guanidine groups is 1. The molecule has 0 heterocycles. The van der Waals surface area contributed by atoms with Gasteiger partial charge in [0.15, 0.2) is 5.96 Å². The molecule has 17 nitrogen and oxygen atoms in total. The molecule has 0 aromatic carbocycles. The summed E-state index contributed by atoms with van der Waals surface area (Å²) >= 11 is 0. The Morgan fingerprint density at radius 1 is 0.850 bits per heavy atom. The first-order valence-electron chi connectivity index (χ1n) is 12.7. The number of hydrogen-bond acceptors (Lipinski definition) is 9. The van der Waals surface area contributed by atoms with Crippen LogP contribution in [0.3, 0.4) is 0 Å². The molecule has 14 N–H and O–H groups in total. The van der Waals surface area contributed by atoms with E-state index in [0.29, 0.717) is 0 Å². The fourth-order valence-electron chi connectivity index (χ4n) is 3.35. The lowest BCUT2D eigenvalue weighted by atomic mass is 10.0. The number of primary amides is 1. The Hall–Kier alpha value is -3.99. The maximum absolute atomic E-state index is 12.9. The standard InChI is InChI=1S/C23H43N9O8/c1-11(2)9-15(31-19(36)13(24)6-7-16(25)34)20(37)32-18(12(3)33)21(38)29-10-17(35)30-14(22(39)40)5-4-8-28-23(26)27/h11-15,18,33H,4-10,24H2,1-3H3,(H2,25,34)(H,29,38)(H,30,35)(H,31,36)(H,32,37)(H,39,40)(H4,26,27,28)/t12-,13+,14+,15+,18+/m1/s1. The van der Waals surface area contributed by atoms with Crippen LogP contribution in [-0.4, -0.2) is 95.0 Å². The monoisotopic (exact) mass is 573 g/mol. The van der Waals surface area contributed by atoms with Crippen molar-refractivity contribution in [1.82, 2.24) is 21.3 Å². The normalized spacial score (nSPS) is 14.6. The van der Waals surface area contributed by atoms with Gasteiger partial charge in [-0.15, -0.1) is 0 Å². The highest BCUT2D eigenvalue weighted by Crippen LogP contribution is 2.07. The summed E-state index contributed by atoms with van der Waals surface area (Å²) in [5.41, 5.74) is 21.2. The fraction of sp³-hybridized carbons (Fsp3) is 0.696. The van der Waals surface area contributed by atoms with E-state index in [1.807, 2.05) is 0 Å². The first-order valence-corrected chi connectivity index (χ1v) is 12.7. The van der Waals surface area contributed by atoms with Gasteiger partial charge in [0.05, 0.1) is 18.7 Å². The number of carbonyl (C=O) groups is 6. The summed E-state index contributed by atoms with van der Waals surface area (Å²) in [4.78, 5) is 76.4. The highest BCUT2D eigenvalue weighted by molar-refractivity contribution is 5.94. The van der Waals surface area contributed by atoms with E-state index >= 15 is 0 Å². The molecule has 17 heteroatoms. The average Bonchev–Trinajstić information content (AvgIpc) is 2.84. The van der Waals surface area contributed by atoms with Crippen molar-refractivity contribution in [3.63, 3.8) is 0 Å². The van der Waals surface area contributed by atoms with E-state index in [1.54, 1.807) is 13.8 Å². The molecular weight excluding hydrogens is 530 g/mol. The second kappa shape index (κ2) is 18.3. The van der Waals surface area contributed by atoms with E-state index in [9.17, 15) is 39.0 Å². The molecule has 5 atom stereocenters. The van der Waals surface area contributed by atoms with Gasteiger partial charge in [-0.05, 0) is 38.5 Å². The number of carboxylic acid groups (broad SMARTS) is 1. The summed E-state index contributed by atoms with van der Waals surface area (Å²) in [5.74, 6) is -5.41. The number of aliphatic carboxylic acids is 1. The number of rotatable bonds is 19. The molecule has 0 spiro atoms. The number of nitrogens with one attached hydrogen (secondary N) is 4. The van der Waals surface area contributed by atoms with Gasteiger partial charge < -0.3 is 54.4 Å². The van der Waals surface area contributed by atoms with Gasteiger partial charge in [-0.25, -0.2) is 4.79 Å². The molecule has 0 saturated carbocycles. The minimum absolute atomic E-state index is 0.0211. The van der Waals surface area contributed by atoms with Gasteiger partial charge >= 0.3 is 5.97 Å². The summed E-state index contributed by atoms with van der Waals surface area (Å²) in [5, 5.41) is 28.7. The molecule has 0 saturated heterocycles. The molecular formula is C23H43N9O8. The molecule has 0 fully saturated rings. The van der Waals surface area contributed by atoms with Gasteiger partial charge in [0.25, 0.3) is 0 Å². The topological polar surface area (TPSA) is 307 Å². The number of aliphatic imine (C=N–C) groups is 1. The van der Waals surface area contributed by atoms with Crippen LogP contribution in [0.1, 0.15) is 52.9 Å². The van der Waals surface area contributed by atoms with Gasteiger partial charge in [0.2, 0.25) is 29.5 Å². The number of carboxylic acids is 1. The highest BCUT2D eigenvalue weighted by Gasteiger charge is 2.31. The Morgan fingerprint density at radius 2 is 1.48 bits per heavy atom. The zero-order valence-corrected chi connectivity index (χ0v) is 23.0. The van der Waals surface area contributed by atoms with E-state index < -0.39 is 72.3 Å². The van der Waals surface area contributed by atoms with Crippen molar-refractivity contribution >= 4 is 41.5 Å². The van der Waals surface area contributed by atoms with Crippen LogP contribution < -0.4 is 44.2 Å². The van der Waals surface area contributed by atoms with Crippen LogP contribution in [0.2, 0.25) is 0 Å². The van der Waals surface area contributed by atoms with Crippen molar-refractivity contribution in [3.05, 3.63) is 0 Å². The second-order valence-corrected chi connectivity index (χ2v) is 9.65. The van der Waals surface area contributed by atoms with Crippen LogP contribution in [-0.2, 0) is 28.8 Å². The van der Waals surface area contributed by atoms with E-state index in [0.717, 1.165) is 0 Å². The third kappa shape index (κ3) is 15.4. The van der Waals surface area contributed by atoms with Crippen molar-refractivity contribution in [2.75, 3.05) is 13.1 Å². The molecule has 0 aromatic rings. The first kappa shape index (κ1) is 36.0. The van der Waals surface area contributed by atoms with Crippen molar-refractivity contribution in [2.45, 2.75) is 83.1 Å². The highest BCUT2D eigenvalue weighted by atomic mass is 16.4. The molecule has 0 radical (unpaired) electrons. The van der Waals surface area contributed by atoms with E-state index in [4.69, 9.17) is 22.9 Å². The Balaban J connectivity index is 5.18. The molecule has 0 aliphatic heterocycles. The lowest BCUT2D eigenvalue weighted by Crippen LogP contribution is -2.59. The zero-order chi connectivity index (χ0) is 31.0. The Labute approximate surface area is 232 Å². The van der Waals surface area contributed by atoms with Gasteiger partial charge in [-0.1, -0.05) is 13.8 Å². The van der Waals surface area contributed by atoms with E-state index in [-0.39, 0.29) is 50.5 Å². The van der Waals surface area contributed by atoms with Gasteiger partial charge in [-0.3, -0.25) is 29.0 Å². The first-order chi connectivity index (χ1) is 18.5. The lowest BCUT2D eigenvalue weighted by molar-refractivity contribution is -0.142. The predicted octanol–water partition coefficient (Wildman–Crippen LogP) is -4.29. The number of nitrogens with zero attached hydrogens (tertiary/aromatic N) is 1. The summed E-state index contributed by atoms with van der Waals surface area (Å²) < 4.78 is 0. The Kier molecular flexibility index (Phi) is 16.5. The van der Waals surface area contributed by atoms with Crippen molar-refractivity contribution < 1.29 is 39.0 Å². The van der Waals surface area contributed by atoms with Gasteiger partial charge in [-0.2, -0.15) is 0 Å². The Morgan fingerprint density at radius 3 is 1.98 bits per heavy atom. The second-order valence-electron chi connectivity index (χ2n) is 9.65. The zero-order valence-electron chi connectivity index (χ0n) is 23.0. The summed E-state index contributed by atoms with van der Waals surface area (Å²) in [6.07, 6.45) is -1.11. The molecule has 0 aromatic heterocycles. The van der Waals surface area contributed by atoms with Gasteiger partial charge in [0, 0.05) is 13.0 Å². The van der Waals surface area contributed by atoms with Crippen LogP contribution in [0.25, 0.3) is 0 Å². The van der Waals surface area contributed by atoms with Crippen LogP contribution in [0.4, 0.5) is 0 Å². The molecule has 0 rings (SSSR count). The maximum Gasteiger partial charge on any atom is 0.326 e. The fourth-order valence-corrected chi connectivity index (χ4v) is 3.35. The number of aliphatic hydroxyl groups is 1. The molecule has 0 aliphatic rings. The summed E-state index contributed by atoms with van der Waals surface area (Å²) in [6.45, 7) is 4.34. The molecule has 228 valence electrons. The van der Waals surface area contributed by atoms with Crippen molar-refractivity contribution in [1.29, 1.82) is 0 Å². The van der Waals surface area contributed by atoms with Crippen LogP contribution in [0.5, 0.6) is 0 Å². The predicted molar refractivity (Wildman–Crippen MR) is 144 cm³/mol. The quantitative estimate of drug-likeness (QED) is 0.0400. The van der Waals surface area contributed by atoms with Crippen LogP contribution in [0, 0.1) is 5.92 Å². The van der Waals surface area contributed by atoms with E-state index in [1.165, 1.54) is 6.92 Å². The SMILES string of the molecule is CC(C)C[C@H](NC(=O)[C@@H](N)CCC(N)=O)C(=O)N[C@H](C(=O)NCC(=O)N[C@@H](CCCN=C(N)N)C(=O)O)[C@@H](C)O. The van der Waals surface area contributed by atoms with Crippen LogP contribution in [0.15, 0.2) is 4.99 Å². The minimum Gasteiger partial charge on any atom is -0.480 e. The largest absolute Gasteiger partial charge is 0.480 e. The van der Waals surface area contributed by atoms with Crippen molar-refractivity contribution in [3.8, 4) is 0 Å². The lowest BCUT2D eigenvalue weighted by Gasteiger charge is -2.26. The number of carbonyl (C=O) groups excluding carboxylic acids is 5. The molecule has 5 amide bonds. The van der Waals surface area contributed by atoms with Gasteiger partial charge in [0.1, 0.15) is 18.1 Å². The Bertz CT molecular complexity index is 922. The van der Waals surface area contributed by atoms with Crippen molar-refractivity contribution in [2.24, 2.45) is 33.8 Å². The van der Waals surface area contributed by atoms with Crippen LogP contribution >= 0.6 is 0 Å². The molecule has 0 aliphatic carbocycles. The number of hydrogen-bond donors (Lipinski definition) is 10. The minimum atomic E-state index is -1.51. The summed E-state index contributed by atoms with van der Waals surface area (Å²) in [7, 11) is 0. The number of nitrogens with two attached hydrogens (primary N) is 4. The van der Waals surface area contributed by atoms with E-state index in [2.05, 4.69) is 26.3 Å². The molecule has 0 bridgehead atoms. The molecule has 0 unspecified atom stereocenters. The summed E-state index contributed by atoms with van der Waals surface area (Å²) in [6, 6.07) is -5.00. The number of amides is 5. The number of aliphatic hydroxyl groups excluding tert-OH is 1. The molecule has 40 heavy (non-hydrogen) atoms. The third-order valence-electron chi connectivity index (χ3n) is 5.44.